The number of hydrogen-bond acceptors (Lipinski definition) is 5. The molecule has 1 aliphatic rings. The fourth-order valence-electron chi connectivity index (χ4n) is 3.04. The largest absolute Gasteiger partial charge is 0.360 e. The molecular formula is C20H30N4O4. The van der Waals surface area contributed by atoms with Crippen LogP contribution in [0.4, 0.5) is 5.82 Å². The highest BCUT2D eigenvalue weighted by Gasteiger charge is 2.20. The summed E-state index contributed by atoms with van der Waals surface area (Å²) in [5.74, 6) is 0.251. The van der Waals surface area contributed by atoms with Gasteiger partial charge in [-0.2, -0.15) is 0 Å². The molecule has 1 aromatic rings. The van der Waals surface area contributed by atoms with Crippen molar-refractivity contribution in [3.8, 4) is 0 Å². The van der Waals surface area contributed by atoms with Crippen molar-refractivity contribution in [3.63, 3.8) is 0 Å². The molecule has 2 rings (SSSR count). The number of anilines is 1. The molecule has 2 N–H and O–H groups in total. The van der Waals surface area contributed by atoms with Crippen molar-refractivity contribution in [2.75, 3.05) is 18.4 Å². The number of rotatable bonds is 9. The molecule has 8 nitrogen and oxygen atoms in total. The summed E-state index contributed by atoms with van der Waals surface area (Å²) >= 11 is 0. The molecule has 0 atom stereocenters. The molecule has 8 heteroatoms. The van der Waals surface area contributed by atoms with Gasteiger partial charge in [0.05, 0.1) is 6.54 Å². The first-order chi connectivity index (χ1) is 13.3. The zero-order valence-corrected chi connectivity index (χ0v) is 16.9. The summed E-state index contributed by atoms with van der Waals surface area (Å²) in [6.07, 6.45) is 7.35. The summed E-state index contributed by atoms with van der Waals surface area (Å²) in [6.45, 7) is 6.29. The average molecular weight is 390 g/mol. The lowest BCUT2D eigenvalue weighted by atomic mass is 10.1. The van der Waals surface area contributed by atoms with Crippen LogP contribution < -0.4 is 10.6 Å². The summed E-state index contributed by atoms with van der Waals surface area (Å²) in [6, 6.07) is 1.79. The van der Waals surface area contributed by atoms with E-state index in [9.17, 15) is 14.4 Å². The maximum absolute atomic E-state index is 12.5. The smallest absolute Gasteiger partial charge is 0.249 e. The first-order valence-electron chi connectivity index (χ1n) is 9.84. The van der Waals surface area contributed by atoms with Gasteiger partial charge in [-0.05, 0) is 32.1 Å². The molecule has 1 fully saturated rings. The van der Waals surface area contributed by atoms with E-state index in [0.29, 0.717) is 18.2 Å². The molecule has 1 aliphatic carbocycles. The number of nitrogens with one attached hydrogen (secondary N) is 2. The molecule has 0 unspecified atom stereocenters. The lowest BCUT2D eigenvalue weighted by Crippen LogP contribution is -2.43. The van der Waals surface area contributed by atoms with E-state index in [1.54, 1.807) is 13.0 Å². The second kappa shape index (κ2) is 10.6. The van der Waals surface area contributed by atoms with Crippen molar-refractivity contribution in [2.24, 2.45) is 5.92 Å². The van der Waals surface area contributed by atoms with Crippen molar-refractivity contribution in [2.45, 2.75) is 58.9 Å². The SMILES string of the molecule is Cc1cc(NC(=O)C=CC(=O)N(CCC(C)C)CC(=O)NC2CCCC2)no1. The molecule has 0 spiro atoms. The van der Waals surface area contributed by atoms with Crippen molar-refractivity contribution in [1.29, 1.82) is 0 Å². The number of carbonyl (C=O) groups is 3. The van der Waals surface area contributed by atoms with Gasteiger partial charge in [0.15, 0.2) is 5.82 Å². The maximum atomic E-state index is 12.5. The Morgan fingerprint density at radius 3 is 2.61 bits per heavy atom. The van der Waals surface area contributed by atoms with Gasteiger partial charge >= 0.3 is 0 Å². The molecule has 154 valence electrons. The van der Waals surface area contributed by atoms with Crippen LogP contribution in [-0.4, -0.2) is 46.9 Å². The summed E-state index contributed by atoms with van der Waals surface area (Å²) < 4.78 is 4.87. The number of aryl methyl sites for hydroxylation is 1. The molecule has 1 aromatic heterocycles. The second-order valence-electron chi connectivity index (χ2n) is 7.64. The van der Waals surface area contributed by atoms with Crippen molar-refractivity contribution < 1.29 is 18.9 Å². The van der Waals surface area contributed by atoms with Crippen molar-refractivity contribution in [1.82, 2.24) is 15.4 Å². The van der Waals surface area contributed by atoms with E-state index in [2.05, 4.69) is 29.6 Å². The Hall–Kier alpha value is -2.64. The lowest BCUT2D eigenvalue weighted by Gasteiger charge is -2.23. The third-order valence-corrected chi connectivity index (χ3v) is 4.60. The van der Waals surface area contributed by atoms with E-state index >= 15 is 0 Å². The molecule has 0 aliphatic heterocycles. The van der Waals surface area contributed by atoms with Gasteiger partial charge in [-0.1, -0.05) is 31.8 Å². The Labute approximate surface area is 165 Å². The van der Waals surface area contributed by atoms with Gasteiger partial charge in [0.2, 0.25) is 17.7 Å². The van der Waals surface area contributed by atoms with Gasteiger partial charge < -0.3 is 20.1 Å². The number of amides is 3. The molecule has 0 radical (unpaired) electrons. The van der Waals surface area contributed by atoms with Crippen molar-refractivity contribution in [3.05, 3.63) is 24.0 Å². The van der Waals surface area contributed by atoms with Crippen LogP contribution in [0, 0.1) is 12.8 Å². The van der Waals surface area contributed by atoms with Crippen LogP contribution in [0.25, 0.3) is 0 Å². The standard InChI is InChI=1S/C20H30N4O4/c1-14(2)10-11-24(13-19(26)21-16-6-4-5-7-16)20(27)9-8-18(25)22-17-12-15(3)28-23-17/h8-9,12,14,16H,4-7,10-11,13H2,1-3H3,(H,21,26)(H,22,23,25). The van der Waals surface area contributed by atoms with Crippen LogP contribution in [0.15, 0.2) is 22.7 Å². The van der Waals surface area contributed by atoms with Crippen LogP contribution in [0.1, 0.15) is 51.7 Å². The van der Waals surface area contributed by atoms with Crippen LogP contribution in [0.2, 0.25) is 0 Å². The van der Waals surface area contributed by atoms with Crippen LogP contribution in [0.5, 0.6) is 0 Å². The normalized spacial score (nSPS) is 14.6. The minimum Gasteiger partial charge on any atom is -0.360 e. The third-order valence-electron chi connectivity index (χ3n) is 4.60. The summed E-state index contributed by atoms with van der Waals surface area (Å²) in [5.41, 5.74) is 0. The molecule has 1 heterocycles. The van der Waals surface area contributed by atoms with Crippen LogP contribution >= 0.6 is 0 Å². The van der Waals surface area contributed by atoms with E-state index in [0.717, 1.165) is 38.2 Å². The van der Waals surface area contributed by atoms with E-state index in [1.165, 1.54) is 11.0 Å². The maximum Gasteiger partial charge on any atom is 0.249 e. The average Bonchev–Trinajstić information content (AvgIpc) is 3.28. The molecule has 0 bridgehead atoms. The molecule has 0 saturated heterocycles. The Balaban J connectivity index is 1.90. The van der Waals surface area contributed by atoms with E-state index in [-0.39, 0.29) is 30.2 Å². The van der Waals surface area contributed by atoms with E-state index in [4.69, 9.17) is 4.52 Å². The topological polar surface area (TPSA) is 105 Å². The molecule has 1 saturated carbocycles. The molecule has 28 heavy (non-hydrogen) atoms. The van der Waals surface area contributed by atoms with Crippen molar-refractivity contribution >= 4 is 23.5 Å². The molecule has 3 amide bonds. The molecule has 0 aromatic carbocycles. The third kappa shape index (κ3) is 7.54. The monoisotopic (exact) mass is 390 g/mol. The van der Waals surface area contributed by atoms with Crippen LogP contribution in [-0.2, 0) is 14.4 Å². The highest BCUT2D eigenvalue weighted by Crippen LogP contribution is 2.17. The first-order valence-corrected chi connectivity index (χ1v) is 9.84. The highest BCUT2D eigenvalue weighted by molar-refractivity contribution is 6.03. The van der Waals surface area contributed by atoms with Gasteiger partial charge in [-0.3, -0.25) is 14.4 Å². The van der Waals surface area contributed by atoms with Gasteiger partial charge in [-0.25, -0.2) is 0 Å². The zero-order chi connectivity index (χ0) is 20.5. The van der Waals surface area contributed by atoms with E-state index < -0.39 is 5.91 Å². The van der Waals surface area contributed by atoms with Gasteiger partial charge in [0.1, 0.15) is 5.76 Å². The van der Waals surface area contributed by atoms with Gasteiger partial charge in [0.25, 0.3) is 0 Å². The number of hydrogen-bond donors (Lipinski definition) is 2. The summed E-state index contributed by atoms with van der Waals surface area (Å²) in [5, 5.41) is 9.18. The highest BCUT2D eigenvalue weighted by atomic mass is 16.5. The molecular weight excluding hydrogens is 360 g/mol. The first kappa shape index (κ1) is 21.7. The van der Waals surface area contributed by atoms with E-state index in [1.807, 2.05) is 0 Å². The Kier molecular flexibility index (Phi) is 8.22. The number of aromatic nitrogens is 1. The fourth-order valence-corrected chi connectivity index (χ4v) is 3.04. The quantitative estimate of drug-likeness (QED) is 0.630. The predicted molar refractivity (Wildman–Crippen MR) is 105 cm³/mol. The predicted octanol–water partition coefficient (Wildman–Crippen LogP) is 2.41. The number of carbonyl (C=O) groups excluding carboxylic acids is 3. The number of nitrogens with zero attached hydrogens (tertiary/aromatic N) is 2. The van der Waals surface area contributed by atoms with Gasteiger partial charge in [0, 0.05) is 30.8 Å². The zero-order valence-electron chi connectivity index (χ0n) is 16.9. The minimum atomic E-state index is -0.485. The lowest BCUT2D eigenvalue weighted by molar-refractivity contribution is -0.132. The van der Waals surface area contributed by atoms with Gasteiger partial charge in [-0.15, -0.1) is 0 Å². The second-order valence-corrected chi connectivity index (χ2v) is 7.64. The Morgan fingerprint density at radius 2 is 2.00 bits per heavy atom. The fraction of sp³-hybridized carbons (Fsp3) is 0.600. The Bertz CT molecular complexity index is 705. The van der Waals surface area contributed by atoms with Crippen LogP contribution in [0.3, 0.4) is 0 Å². The Morgan fingerprint density at radius 1 is 1.29 bits per heavy atom. The minimum absolute atomic E-state index is 0.00348. The summed E-state index contributed by atoms with van der Waals surface area (Å²) in [7, 11) is 0. The summed E-state index contributed by atoms with van der Waals surface area (Å²) in [4.78, 5) is 38.3.